The van der Waals surface area contributed by atoms with Gasteiger partial charge in [0.25, 0.3) is 0 Å². The molecule has 1 heterocycles. The largest absolute Gasteiger partial charge is 0.416 e. The average molecular weight is 391 g/mol. The Hall–Kier alpha value is -1.94. The smallest absolute Gasteiger partial charge is 0.273 e. The number of carbonyl (C=O) groups is 1. The molecule has 1 aromatic carbocycles. The molecule has 1 aromatic rings. The number of nitrogens with zero attached hydrogens (tertiary/aromatic N) is 2. The number of sulfonamides is 1. The van der Waals surface area contributed by atoms with Crippen LogP contribution in [0, 0.1) is 5.92 Å². The number of benzene rings is 1. The number of carbonyl (C=O) groups excluding carboxylic acids is 1. The number of amides is 1. The fourth-order valence-electron chi connectivity index (χ4n) is 2.61. The molecule has 26 heavy (non-hydrogen) atoms. The lowest BCUT2D eigenvalue weighted by Crippen LogP contribution is -2.45. The highest BCUT2D eigenvalue weighted by atomic mass is 32.2. The van der Waals surface area contributed by atoms with Crippen molar-refractivity contribution in [1.82, 2.24) is 9.73 Å². The number of hydrogen-bond donors (Lipinski definition) is 1. The first-order chi connectivity index (χ1) is 12.1. The molecule has 2 rings (SSSR count). The minimum atomic E-state index is -4.41. The third-order valence-corrected chi connectivity index (χ3v) is 5.99. The molecule has 0 aromatic heterocycles. The molecule has 0 saturated carbocycles. The second-order valence-corrected chi connectivity index (χ2v) is 8.21. The standard InChI is InChI=1S/C16H20F3N3O3S/c1-2-26(24,25)22-9-3-4-13(11-22)15(23)21-20-10-12-5-7-14(8-6-12)16(17,18)19/h5-8,10,13H,2-4,9,11H2,1H3,(H,21,23)/b20-10-/t13-/m0/s1. The van der Waals surface area contributed by atoms with Gasteiger partial charge in [0.2, 0.25) is 15.9 Å². The minimum absolute atomic E-state index is 0.0204. The summed E-state index contributed by atoms with van der Waals surface area (Å²) in [4.78, 5) is 12.1. The molecule has 0 bridgehead atoms. The van der Waals surface area contributed by atoms with Crippen LogP contribution in [0.4, 0.5) is 13.2 Å². The van der Waals surface area contributed by atoms with Crippen LogP contribution in [0.15, 0.2) is 29.4 Å². The van der Waals surface area contributed by atoms with E-state index < -0.39 is 33.6 Å². The third-order valence-electron chi connectivity index (χ3n) is 4.14. The lowest BCUT2D eigenvalue weighted by Gasteiger charge is -2.30. The molecule has 0 aliphatic carbocycles. The number of rotatable bonds is 5. The quantitative estimate of drug-likeness (QED) is 0.618. The van der Waals surface area contributed by atoms with Gasteiger partial charge in [-0.2, -0.15) is 18.3 Å². The predicted molar refractivity (Wildman–Crippen MR) is 90.9 cm³/mol. The van der Waals surface area contributed by atoms with Crippen molar-refractivity contribution in [2.45, 2.75) is 25.9 Å². The van der Waals surface area contributed by atoms with Crippen molar-refractivity contribution < 1.29 is 26.4 Å². The summed E-state index contributed by atoms with van der Waals surface area (Å²) in [5, 5.41) is 3.74. The monoisotopic (exact) mass is 391 g/mol. The van der Waals surface area contributed by atoms with E-state index in [1.165, 1.54) is 22.7 Å². The van der Waals surface area contributed by atoms with Crippen LogP contribution in [0.25, 0.3) is 0 Å². The summed E-state index contributed by atoms with van der Waals surface area (Å²) in [5.74, 6) is -0.938. The van der Waals surface area contributed by atoms with Crippen molar-refractivity contribution in [1.29, 1.82) is 0 Å². The first kappa shape index (κ1) is 20.4. The fraction of sp³-hybridized carbons (Fsp3) is 0.500. The minimum Gasteiger partial charge on any atom is -0.273 e. The molecule has 1 atom stereocenters. The highest BCUT2D eigenvalue weighted by Crippen LogP contribution is 2.28. The number of hydrazone groups is 1. The molecule has 1 N–H and O–H groups in total. The maximum atomic E-state index is 12.5. The molecule has 1 aliphatic rings. The predicted octanol–water partition coefficient (Wildman–Crippen LogP) is 2.22. The molecular weight excluding hydrogens is 371 g/mol. The zero-order valence-electron chi connectivity index (χ0n) is 14.2. The van der Waals surface area contributed by atoms with E-state index in [4.69, 9.17) is 0 Å². The fourth-order valence-corrected chi connectivity index (χ4v) is 3.79. The lowest BCUT2D eigenvalue weighted by molar-refractivity contribution is -0.137. The Balaban J connectivity index is 1.92. The highest BCUT2D eigenvalue weighted by molar-refractivity contribution is 7.89. The molecular formula is C16H20F3N3O3S. The van der Waals surface area contributed by atoms with Crippen molar-refractivity contribution >= 4 is 22.1 Å². The van der Waals surface area contributed by atoms with Gasteiger partial charge in [-0.15, -0.1) is 0 Å². The molecule has 0 radical (unpaired) electrons. The number of piperidine rings is 1. The third kappa shape index (κ3) is 5.28. The number of halogens is 3. The molecule has 1 amide bonds. The summed E-state index contributed by atoms with van der Waals surface area (Å²) in [6.45, 7) is 2.06. The van der Waals surface area contributed by atoms with Crippen LogP contribution in [0.2, 0.25) is 0 Å². The summed E-state index contributed by atoms with van der Waals surface area (Å²) in [5.41, 5.74) is 1.96. The second-order valence-electron chi connectivity index (χ2n) is 5.95. The Labute approximate surface area is 150 Å². The summed E-state index contributed by atoms with van der Waals surface area (Å²) < 4.78 is 62.6. The van der Waals surface area contributed by atoms with Gasteiger partial charge in [0.15, 0.2) is 0 Å². The van der Waals surface area contributed by atoms with Gasteiger partial charge in [-0.05, 0) is 37.5 Å². The molecule has 1 aliphatic heterocycles. The van der Waals surface area contributed by atoms with Gasteiger partial charge < -0.3 is 0 Å². The number of alkyl halides is 3. The van der Waals surface area contributed by atoms with E-state index in [0.29, 0.717) is 24.9 Å². The Morgan fingerprint density at radius 3 is 2.58 bits per heavy atom. The van der Waals surface area contributed by atoms with Gasteiger partial charge in [0, 0.05) is 13.1 Å². The van der Waals surface area contributed by atoms with E-state index in [1.54, 1.807) is 6.92 Å². The SMILES string of the molecule is CCS(=O)(=O)N1CCC[C@H](C(=O)N/N=C\c2ccc(C(F)(F)F)cc2)C1. The summed E-state index contributed by atoms with van der Waals surface area (Å²) in [6.07, 6.45) is -2.03. The maximum Gasteiger partial charge on any atom is 0.416 e. The summed E-state index contributed by atoms with van der Waals surface area (Å²) >= 11 is 0. The Bertz CT molecular complexity index is 761. The highest BCUT2D eigenvalue weighted by Gasteiger charge is 2.31. The first-order valence-corrected chi connectivity index (χ1v) is 9.72. The first-order valence-electron chi connectivity index (χ1n) is 8.11. The zero-order chi connectivity index (χ0) is 19.4. The van der Waals surface area contributed by atoms with E-state index in [1.807, 2.05) is 0 Å². The zero-order valence-corrected chi connectivity index (χ0v) is 15.0. The van der Waals surface area contributed by atoms with E-state index in [0.717, 1.165) is 12.1 Å². The van der Waals surface area contributed by atoms with Gasteiger partial charge in [-0.25, -0.2) is 18.1 Å². The van der Waals surface area contributed by atoms with Gasteiger partial charge in [0.1, 0.15) is 0 Å². The normalized spacial score (nSPS) is 19.6. The summed E-state index contributed by atoms with van der Waals surface area (Å²) in [7, 11) is -3.34. The van der Waals surface area contributed by atoms with Crippen molar-refractivity contribution in [3.8, 4) is 0 Å². The van der Waals surface area contributed by atoms with E-state index >= 15 is 0 Å². The van der Waals surface area contributed by atoms with E-state index in [9.17, 15) is 26.4 Å². The molecule has 0 spiro atoms. The number of nitrogens with one attached hydrogen (secondary N) is 1. The van der Waals surface area contributed by atoms with Crippen LogP contribution in [0.3, 0.4) is 0 Å². The van der Waals surface area contributed by atoms with Crippen LogP contribution in [-0.2, 0) is 21.0 Å². The van der Waals surface area contributed by atoms with Crippen LogP contribution in [0.5, 0.6) is 0 Å². The van der Waals surface area contributed by atoms with Crippen LogP contribution in [0.1, 0.15) is 30.9 Å². The molecule has 144 valence electrons. The lowest BCUT2D eigenvalue weighted by atomic mass is 9.99. The molecule has 0 unspecified atom stereocenters. The molecule has 10 heteroatoms. The molecule has 6 nitrogen and oxygen atoms in total. The Kier molecular flexibility index (Phi) is 6.40. The maximum absolute atomic E-state index is 12.5. The van der Waals surface area contributed by atoms with Crippen molar-refractivity contribution in [3.63, 3.8) is 0 Å². The van der Waals surface area contributed by atoms with Crippen molar-refractivity contribution in [2.24, 2.45) is 11.0 Å². The summed E-state index contributed by atoms with van der Waals surface area (Å²) in [6, 6.07) is 4.35. The van der Waals surface area contributed by atoms with Crippen molar-refractivity contribution in [2.75, 3.05) is 18.8 Å². The average Bonchev–Trinajstić information content (AvgIpc) is 2.61. The second kappa shape index (κ2) is 8.17. The van der Waals surface area contributed by atoms with Crippen LogP contribution in [-0.4, -0.2) is 43.7 Å². The topological polar surface area (TPSA) is 78.8 Å². The van der Waals surface area contributed by atoms with Crippen LogP contribution >= 0.6 is 0 Å². The Morgan fingerprint density at radius 2 is 2.00 bits per heavy atom. The Morgan fingerprint density at radius 1 is 1.35 bits per heavy atom. The number of hydrogen-bond acceptors (Lipinski definition) is 4. The molecule has 1 fully saturated rings. The molecule has 1 saturated heterocycles. The van der Waals surface area contributed by atoms with E-state index in [-0.39, 0.29) is 12.3 Å². The van der Waals surface area contributed by atoms with Crippen molar-refractivity contribution in [3.05, 3.63) is 35.4 Å². The van der Waals surface area contributed by atoms with E-state index in [2.05, 4.69) is 10.5 Å². The van der Waals surface area contributed by atoms with Gasteiger partial charge in [-0.3, -0.25) is 4.79 Å². The van der Waals surface area contributed by atoms with Crippen LogP contribution < -0.4 is 5.43 Å². The van der Waals surface area contributed by atoms with Gasteiger partial charge >= 0.3 is 6.18 Å². The van der Waals surface area contributed by atoms with Gasteiger partial charge in [-0.1, -0.05) is 12.1 Å². The van der Waals surface area contributed by atoms with Gasteiger partial charge in [0.05, 0.1) is 23.4 Å².